The van der Waals surface area contributed by atoms with Crippen LogP contribution in [0.15, 0.2) is 32.4 Å². The van der Waals surface area contributed by atoms with E-state index in [9.17, 15) is 24.6 Å². The summed E-state index contributed by atoms with van der Waals surface area (Å²) < 4.78 is 5.62. The number of benzene rings is 1. The average molecular weight is 486 g/mol. The van der Waals surface area contributed by atoms with Crippen molar-refractivity contribution in [1.29, 1.82) is 0 Å². The lowest BCUT2D eigenvalue weighted by Crippen LogP contribution is -2.38. The monoisotopic (exact) mass is 484 g/mol. The molecule has 0 radical (unpaired) electrons. The Hall–Kier alpha value is -1.93. The lowest BCUT2D eigenvalue weighted by Gasteiger charge is -2.32. The van der Waals surface area contributed by atoms with Crippen LogP contribution in [-0.2, 0) is 4.79 Å². The van der Waals surface area contributed by atoms with Crippen LogP contribution in [0.4, 0.5) is 0 Å². The number of halogens is 2. The summed E-state index contributed by atoms with van der Waals surface area (Å²) in [4.78, 5) is 37.2. The third kappa shape index (κ3) is 2.81. The first-order valence-corrected chi connectivity index (χ1v) is 9.27. The predicted molar refractivity (Wildman–Crippen MR) is 99.8 cm³/mol. The fraction of sp³-hybridized carbons (Fsp3) is 0.278. The zero-order valence-electron chi connectivity index (χ0n) is 13.8. The van der Waals surface area contributed by atoms with Crippen LogP contribution in [0.25, 0.3) is 0 Å². The van der Waals surface area contributed by atoms with E-state index in [1.807, 2.05) is 0 Å². The van der Waals surface area contributed by atoms with E-state index in [0.29, 0.717) is 5.57 Å². The summed E-state index contributed by atoms with van der Waals surface area (Å²) in [6.07, 6.45) is 3.05. The van der Waals surface area contributed by atoms with Crippen LogP contribution < -0.4 is 4.74 Å². The Morgan fingerprint density at radius 3 is 2.42 bits per heavy atom. The van der Waals surface area contributed by atoms with Gasteiger partial charge >= 0.3 is 0 Å². The molecule has 0 aromatic heterocycles. The van der Waals surface area contributed by atoms with E-state index in [1.54, 1.807) is 13.0 Å². The molecule has 1 aromatic carbocycles. The molecule has 0 aliphatic heterocycles. The summed E-state index contributed by atoms with van der Waals surface area (Å²) in [7, 11) is 0. The van der Waals surface area contributed by atoms with Gasteiger partial charge in [-0.25, -0.2) is 0 Å². The topological polar surface area (TPSA) is 101 Å². The normalized spacial score (nSPS) is 21.5. The summed E-state index contributed by atoms with van der Waals surface area (Å²) in [5, 5.41) is 20.7. The number of phenols is 1. The number of aromatic hydroxyl groups is 1. The van der Waals surface area contributed by atoms with E-state index in [-0.39, 0.29) is 44.0 Å². The summed E-state index contributed by atoms with van der Waals surface area (Å²) in [6.45, 7) is 2.80. The van der Waals surface area contributed by atoms with Crippen molar-refractivity contribution in [1.82, 2.24) is 0 Å². The zero-order chi connectivity index (χ0) is 19.3. The molecule has 0 heterocycles. The average Bonchev–Trinajstić information content (AvgIpc) is 2.54. The number of fused-ring (bicyclic) bond motifs is 2. The van der Waals surface area contributed by atoms with Crippen LogP contribution >= 0.6 is 31.9 Å². The summed E-state index contributed by atoms with van der Waals surface area (Å²) in [5.74, 6) is -3.76. The fourth-order valence-electron chi connectivity index (χ4n) is 3.21. The van der Waals surface area contributed by atoms with Gasteiger partial charge in [0.15, 0.2) is 23.1 Å². The molecular weight excluding hydrogens is 472 g/mol. The molecule has 136 valence electrons. The number of phenolic OH excluding ortho intramolecular Hbond substituents is 1. The number of ether oxygens (including phenoxy) is 1. The molecule has 0 fully saturated rings. The Morgan fingerprint density at radius 1 is 1.15 bits per heavy atom. The van der Waals surface area contributed by atoms with Gasteiger partial charge in [0.1, 0.15) is 22.6 Å². The first-order valence-electron chi connectivity index (χ1n) is 7.68. The van der Waals surface area contributed by atoms with Gasteiger partial charge in [0.05, 0.1) is 27.4 Å². The molecule has 1 aromatic rings. The van der Waals surface area contributed by atoms with Crippen molar-refractivity contribution in [2.24, 2.45) is 11.8 Å². The highest BCUT2D eigenvalue weighted by atomic mass is 79.9. The molecule has 2 aliphatic rings. The largest absolute Gasteiger partial charge is 0.511 e. The maximum atomic E-state index is 13.0. The second-order valence-corrected chi connectivity index (χ2v) is 7.84. The van der Waals surface area contributed by atoms with Crippen LogP contribution in [0.1, 0.15) is 34.6 Å². The van der Waals surface area contributed by atoms with Gasteiger partial charge in [0.25, 0.3) is 0 Å². The SMILES string of the molecule is CC(=O)COc1c(Br)c(O)c2c(c1Br)C(=O)C1C=C(C)C=C(O)C1C2=O. The van der Waals surface area contributed by atoms with Crippen molar-refractivity contribution < 1.29 is 29.3 Å². The zero-order valence-corrected chi connectivity index (χ0v) is 17.0. The van der Waals surface area contributed by atoms with Crippen molar-refractivity contribution in [3.05, 3.63) is 43.6 Å². The number of carbonyl (C=O) groups is 3. The minimum absolute atomic E-state index is 0.0192. The van der Waals surface area contributed by atoms with Crippen LogP contribution in [0.2, 0.25) is 0 Å². The molecular formula is C18H14Br2O6. The first-order chi connectivity index (χ1) is 12.1. The fourth-order valence-corrected chi connectivity index (χ4v) is 4.69. The third-order valence-corrected chi connectivity index (χ3v) is 5.80. The maximum absolute atomic E-state index is 13.0. The Balaban J connectivity index is 2.24. The molecule has 6 nitrogen and oxygen atoms in total. The highest BCUT2D eigenvalue weighted by Crippen LogP contribution is 2.50. The van der Waals surface area contributed by atoms with E-state index < -0.39 is 29.2 Å². The van der Waals surface area contributed by atoms with Gasteiger partial charge < -0.3 is 14.9 Å². The van der Waals surface area contributed by atoms with E-state index >= 15 is 0 Å². The first kappa shape index (κ1) is 18.8. The number of rotatable bonds is 3. The Kier molecular flexibility index (Phi) is 4.83. The molecule has 8 heteroatoms. The number of Topliss-reactive ketones (excluding diaryl/α,β-unsaturated/α-hetero) is 3. The molecule has 2 N–H and O–H groups in total. The third-order valence-electron chi connectivity index (χ3n) is 4.31. The van der Waals surface area contributed by atoms with Gasteiger partial charge in [0.2, 0.25) is 0 Å². The molecule has 2 unspecified atom stereocenters. The summed E-state index contributed by atoms with van der Waals surface area (Å²) in [5.41, 5.74) is 0.464. The van der Waals surface area contributed by atoms with Crippen LogP contribution in [0.3, 0.4) is 0 Å². The number of carbonyl (C=O) groups excluding carboxylic acids is 3. The summed E-state index contributed by atoms with van der Waals surface area (Å²) >= 11 is 6.42. The van der Waals surface area contributed by atoms with Crippen molar-refractivity contribution in [2.45, 2.75) is 13.8 Å². The lowest BCUT2D eigenvalue weighted by atomic mass is 9.70. The number of hydrogen-bond donors (Lipinski definition) is 2. The van der Waals surface area contributed by atoms with Crippen molar-refractivity contribution >= 4 is 49.2 Å². The molecule has 0 saturated carbocycles. The molecule has 0 amide bonds. The molecule has 0 spiro atoms. The van der Waals surface area contributed by atoms with Gasteiger partial charge in [-0.2, -0.15) is 0 Å². The van der Waals surface area contributed by atoms with Crippen LogP contribution in [0, 0.1) is 11.8 Å². The molecule has 2 atom stereocenters. The second-order valence-electron chi connectivity index (χ2n) is 6.26. The molecule has 26 heavy (non-hydrogen) atoms. The van der Waals surface area contributed by atoms with Crippen LogP contribution in [-0.4, -0.2) is 34.2 Å². The highest BCUT2D eigenvalue weighted by Gasteiger charge is 2.47. The number of aliphatic hydroxyl groups is 1. The smallest absolute Gasteiger partial charge is 0.179 e. The molecule has 0 bridgehead atoms. The molecule has 3 rings (SSSR count). The molecule has 2 aliphatic carbocycles. The van der Waals surface area contributed by atoms with Crippen LogP contribution in [0.5, 0.6) is 11.5 Å². The van der Waals surface area contributed by atoms with Crippen molar-refractivity contribution in [2.75, 3.05) is 6.61 Å². The van der Waals surface area contributed by atoms with Gasteiger partial charge in [-0.05, 0) is 51.8 Å². The van der Waals surface area contributed by atoms with E-state index in [1.165, 1.54) is 13.0 Å². The van der Waals surface area contributed by atoms with E-state index in [2.05, 4.69) is 31.9 Å². The van der Waals surface area contributed by atoms with Crippen molar-refractivity contribution in [3.63, 3.8) is 0 Å². The molecule has 0 saturated heterocycles. The van der Waals surface area contributed by atoms with Gasteiger partial charge in [0, 0.05) is 0 Å². The van der Waals surface area contributed by atoms with E-state index in [4.69, 9.17) is 4.74 Å². The minimum atomic E-state index is -1.06. The summed E-state index contributed by atoms with van der Waals surface area (Å²) in [6, 6.07) is 0. The number of aliphatic hydroxyl groups excluding tert-OH is 1. The van der Waals surface area contributed by atoms with Gasteiger partial charge in [-0.3, -0.25) is 14.4 Å². The number of hydrogen-bond acceptors (Lipinski definition) is 6. The van der Waals surface area contributed by atoms with Gasteiger partial charge in [-0.15, -0.1) is 0 Å². The quantitative estimate of drug-likeness (QED) is 0.673. The predicted octanol–water partition coefficient (Wildman–Crippen LogP) is 3.90. The van der Waals surface area contributed by atoms with Gasteiger partial charge in [-0.1, -0.05) is 11.6 Å². The number of allylic oxidation sites excluding steroid dienone is 4. The Bertz CT molecular complexity index is 928. The minimum Gasteiger partial charge on any atom is -0.511 e. The number of ketones is 3. The standard InChI is InChI=1S/C18H14Br2O6/c1-6-3-8-10(9(22)4-6)16(24)12-11(15(8)23)13(19)18(14(20)17(12)25)26-5-7(2)21/h3-4,8,10,22,25H,5H2,1-2H3. The second kappa shape index (κ2) is 6.66. The van der Waals surface area contributed by atoms with Crippen molar-refractivity contribution in [3.8, 4) is 11.5 Å². The Labute approximate surface area is 165 Å². The lowest BCUT2D eigenvalue weighted by molar-refractivity contribution is -0.118. The maximum Gasteiger partial charge on any atom is 0.179 e. The Morgan fingerprint density at radius 2 is 1.81 bits per heavy atom. The van der Waals surface area contributed by atoms with E-state index in [0.717, 1.165) is 0 Å². The highest BCUT2D eigenvalue weighted by molar-refractivity contribution is 9.11.